The van der Waals surface area contributed by atoms with Gasteiger partial charge in [0.15, 0.2) is 12.2 Å². The van der Waals surface area contributed by atoms with Crippen LogP contribution in [0.4, 0.5) is 0 Å². The number of hydrogen-bond acceptors (Lipinski definition) is 11. The zero-order valence-electron chi connectivity index (χ0n) is 25.1. The van der Waals surface area contributed by atoms with E-state index in [-0.39, 0.29) is 22.3 Å². The molecule has 0 spiro atoms. The molecular formula is C36H30O11. The molecule has 4 aromatic rings. The topological polar surface area (TPSA) is 141 Å². The van der Waals surface area contributed by atoms with Crippen molar-refractivity contribution in [2.24, 2.45) is 0 Å². The van der Waals surface area contributed by atoms with E-state index in [9.17, 15) is 24.0 Å². The predicted molar refractivity (Wildman–Crippen MR) is 164 cm³/mol. The van der Waals surface area contributed by atoms with Gasteiger partial charge in [-0.3, -0.25) is 4.79 Å². The van der Waals surface area contributed by atoms with Crippen molar-refractivity contribution in [3.63, 3.8) is 0 Å². The molecule has 1 aliphatic rings. The molecule has 1 aliphatic heterocycles. The Bertz CT molecular complexity index is 1680. The molecule has 5 atom stereocenters. The first kappa shape index (κ1) is 32.6. The van der Waals surface area contributed by atoms with E-state index in [1.807, 2.05) is 0 Å². The SMILES string of the molecule is CC(=O)O[C@@H]1O[C@H](COC(=O)c2ccccc2)[C@H](OC(=O)c2ccccc2)[C@H](OC(=O)c2ccccc2)[C@H]1OC(=O)c1ccccc1. The minimum absolute atomic E-state index is 0.136. The van der Waals surface area contributed by atoms with Crippen LogP contribution in [-0.4, -0.2) is 67.2 Å². The first-order valence-corrected chi connectivity index (χ1v) is 14.6. The first-order chi connectivity index (χ1) is 22.8. The Morgan fingerprint density at radius 1 is 0.489 bits per heavy atom. The van der Waals surface area contributed by atoms with E-state index in [1.54, 1.807) is 84.9 Å². The number of hydrogen-bond donors (Lipinski definition) is 0. The summed E-state index contributed by atoms with van der Waals surface area (Å²) in [6.45, 7) is 0.577. The lowest BCUT2D eigenvalue weighted by molar-refractivity contribution is -0.289. The second-order valence-electron chi connectivity index (χ2n) is 10.3. The van der Waals surface area contributed by atoms with Gasteiger partial charge in [-0.25, -0.2) is 19.2 Å². The van der Waals surface area contributed by atoms with Gasteiger partial charge in [0.25, 0.3) is 0 Å². The molecule has 11 nitrogen and oxygen atoms in total. The maximum Gasteiger partial charge on any atom is 0.338 e. The van der Waals surface area contributed by atoms with Gasteiger partial charge < -0.3 is 28.4 Å². The van der Waals surface area contributed by atoms with Gasteiger partial charge in [-0.2, -0.15) is 0 Å². The average Bonchev–Trinajstić information content (AvgIpc) is 3.10. The highest BCUT2D eigenvalue weighted by Gasteiger charge is 2.54. The molecule has 0 unspecified atom stereocenters. The van der Waals surface area contributed by atoms with Crippen LogP contribution in [0.15, 0.2) is 121 Å². The second kappa shape index (κ2) is 15.5. The van der Waals surface area contributed by atoms with E-state index in [0.29, 0.717) is 0 Å². The lowest BCUT2D eigenvalue weighted by Crippen LogP contribution is -2.63. The minimum atomic E-state index is -1.67. The molecule has 1 saturated heterocycles. The Morgan fingerprint density at radius 2 is 0.851 bits per heavy atom. The quantitative estimate of drug-likeness (QED) is 0.175. The maximum atomic E-state index is 13.5. The number of benzene rings is 4. The zero-order valence-corrected chi connectivity index (χ0v) is 25.1. The largest absolute Gasteiger partial charge is 0.459 e. The molecule has 4 aromatic carbocycles. The van der Waals surface area contributed by atoms with Crippen LogP contribution in [0.1, 0.15) is 48.4 Å². The molecule has 0 N–H and O–H groups in total. The van der Waals surface area contributed by atoms with Gasteiger partial charge in [0, 0.05) is 6.92 Å². The Labute approximate surface area is 269 Å². The average molecular weight is 639 g/mol. The summed E-state index contributed by atoms with van der Waals surface area (Å²) < 4.78 is 34.5. The smallest absolute Gasteiger partial charge is 0.338 e. The molecule has 47 heavy (non-hydrogen) atoms. The highest BCUT2D eigenvalue weighted by molar-refractivity contribution is 5.91. The van der Waals surface area contributed by atoms with Crippen LogP contribution in [0.3, 0.4) is 0 Å². The van der Waals surface area contributed by atoms with E-state index >= 15 is 0 Å². The van der Waals surface area contributed by atoms with Crippen LogP contribution in [0, 0.1) is 0 Å². The lowest BCUT2D eigenvalue weighted by atomic mass is 9.97. The van der Waals surface area contributed by atoms with Gasteiger partial charge in [-0.15, -0.1) is 0 Å². The van der Waals surface area contributed by atoms with Gasteiger partial charge in [0.2, 0.25) is 12.4 Å². The summed E-state index contributed by atoms with van der Waals surface area (Å²) in [5, 5.41) is 0. The summed E-state index contributed by atoms with van der Waals surface area (Å²) in [4.78, 5) is 65.3. The molecule has 5 rings (SSSR count). The first-order valence-electron chi connectivity index (χ1n) is 14.6. The van der Waals surface area contributed by atoms with Gasteiger partial charge in [0.1, 0.15) is 12.7 Å². The summed E-state index contributed by atoms with van der Waals surface area (Å²) in [6.07, 6.45) is -7.80. The molecule has 0 bridgehead atoms. The molecule has 0 radical (unpaired) electrons. The number of carbonyl (C=O) groups is 5. The Kier molecular flexibility index (Phi) is 10.7. The highest BCUT2D eigenvalue weighted by Crippen LogP contribution is 2.32. The zero-order chi connectivity index (χ0) is 33.2. The Hall–Kier alpha value is -5.81. The van der Waals surface area contributed by atoms with Crippen molar-refractivity contribution < 1.29 is 52.4 Å². The normalized spacial score (nSPS) is 20.2. The third-order valence-corrected chi connectivity index (χ3v) is 7.02. The van der Waals surface area contributed by atoms with Crippen molar-refractivity contribution in [1.29, 1.82) is 0 Å². The number of rotatable bonds is 10. The van der Waals surface area contributed by atoms with Gasteiger partial charge in [0.05, 0.1) is 22.3 Å². The van der Waals surface area contributed by atoms with Crippen LogP contribution in [0.2, 0.25) is 0 Å². The monoisotopic (exact) mass is 638 g/mol. The molecule has 0 aliphatic carbocycles. The van der Waals surface area contributed by atoms with E-state index in [4.69, 9.17) is 28.4 Å². The van der Waals surface area contributed by atoms with Crippen molar-refractivity contribution in [2.45, 2.75) is 37.6 Å². The lowest BCUT2D eigenvalue weighted by Gasteiger charge is -2.43. The van der Waals surface area contributed by atoms with Gasteiger partial charge >= 0.3 is 29.8 Å². The van der Waals surface area contributed by atoms with Crippen LogP contribution in [0.25, 0.3) is 0 Å². The summed E-state index contributed by atoms with van der Waals surface area (Å²) in [5.41, 5.74) is 0.662. The van der Waals surface area contributed by atoms with Crippen LogP contribution in [-0.2, 0) is 33.2 Å². The van der Waals surface area contributed by atoms with Crippen molar-refractivity contribution >= 4 is 29.8 Å². The third kappa shape index (κ3) is 8.47. The molecule has 1 heterocycles. The molecule has 0 amide bonds. The standard InChI is InChI=1S/C36H30O11/c1-23(37)43-36-31(47-35(41)27-20-12-5-13-21-27)30(46-34(40)26-18-10-4-11-19-26)29(45-33(39)25-16-8-3-9-17-25)28(44-36)22-42-32(38)24-14-6-2-7-15-24/h2-21,28-31,36H,22H2,1H3/t28-,29+,30+,31-,36-/m1/s1. The fourth-order valence-electron chi connectivity index (χ4n) is 4.79. The number of carbonyl (C=O) groups excluding carboxylic acids is 5. The Balaban J connectivity index is 1.54. The van der Waals surface area contributed by atoms with Crippen LogP contribution < -0.4 is 0 Å². The van der Waals surface area contributed by atoms with Gasteiger partial charge in [-0.1, -0.05) is 72.8 Å². The van der Waals surface area contributed by atoms with E-state index < -0.39 is 67.2 Å². The van der Waals surface area contributed by atoms with Crippen LogP contribution >= 0.6 is 0 Å². The van der Waals surface area contributed by atoms with Crippen molar-refractivity contribution in [3.05, 3.63) is 144 Å². The van der Waals surface area contributed by atoms with Crippen LogP contribution in [0.5, 0.6) is 0 Å². The van der Waals surface area contributed by atoms with Crippen molar-refractivity contribution in [1.82, 2.24) is 0 Å². The molecular weight excluding hydrogens is 608 g/mol. The summed E-state index contributed by atoms with van der Waals surface area (Å²) in [7, 11) is 0. The Morgan fingerprint density at radius 3 is 1.26 bits per heavy atom. The maximum absolute atomic E-state index is 13.5. The summed E-state index contributed by atoms with van der Waals surface area (Å²) >= 11 is 0. The van der Waals surface area contributed by atoms with Crippen molar-refractivity contribution in [3.8, 4) is 0 Å². The van der Waals surface area contributed by atoms with E-state index in [2.05, 4.69) is 0 Å². The number of esters is 5. The minimum Gasteiger partial charge on any atom is -0.459 e. The molecule has 240 valence electrons. The number of ether oxygens (including phenoxy) is 6. The fraction of sp³-hybridized carbons (Fsp3) is 0.194. The van der Waals surface area contributed by atoms with Crippen molar-refractivity contribution in [2.75, 3.05) is 6.61 Å². The predicted octanol–water partition coefficient (Wildman–Crippen LogP) is 4.81. The van der Waals surface area contributed by atoms with Gasteiger partial charge in [-0.05, 0) is 48.5 Å². The van der Waals surface area contributed by atoms with E-state index in [0.717, 1.165) is 6.92 Å². The highest BCUT2D eigenvalue weighted by atomic mass is 16.7. The third-order valence-electron chi connectivity index (χ3n) is 7.02. The van der Waals surface area contributed by atoms with E-state index in [1.165, 1.54) is 36.4 Å². The summed E-state index contributed by atoms with van der Waals surface area (Å²) in [5.74, 6) is -4.09. The summed E-state index contributed by atoms with van der Waals surface area (Å²) in [6, 6.07) is 32.0. The molecule has 11 heteroatoms. The molecule has 0 aromatic heterocycles. The molecule has 0 saturated carbocycles. The second-order valence-corrected chi connectivity index (χ2v) is 10.3. The molecule has 1 fully saturated rings. The fourth-order valence-corrected chi connectivity index (χ4v) is 4.79.